The van der Waals surface area contributed by atoms with Gasteiger partial charge in [-0.2, -0.15) is 4.57 Å². The molecule has 3 rings (SSSR count). The monoisotopic (exact) mass is 294 g/mol. The highest BCUT2D eigenvalue weighted by atomic mass is 32.2. The van der Waals surface area contributed by atoms with E-state index in [1.165, 1.54) is 0 Å². The molecule has 1 atom stereocenters. The van der Waals surface area contributed by atoms with Crippen LogP contribution < -0.4 is 4.57 Å². The van der Waals surface area contributed by atoms with Crippen molar-refractivity contribution in [1.82, 2.24) is 9.80 Å². The molecule has 1 aromatic heterocycles. The average molecular weight is 294 g/mol. The van der Waals surface area contributed by atoms with Crippen LogP contribution in [0.5, 0.6) is 0 Å². The number of fused-ring (bicyclic) bond motifs is 1. The Morgan fingerprint density at radius 2 is 2.00 bits per heavy atom. The van der Waals surface area contributed by atoms with E-state index < -0.39 is 10.9 Å². The maximum Gasteiger partial charge on any atom is 0.328 e. The van der Waals surface area contributed by atoms with Crippen LogP contribution in [-0.2, 0) is 10.9 Å². The van der Waals surface area contributed by atoms with Gasteiger partial charge in [0, 0.05) is 37.1 Å². The molecule has 2 aliphatic rings. The number of aromatic nitrogens is 1. The zero-order valence-electron chi connectivity index (χ0n) is 11.4. The van der Waals surface area contributed by atoms with E-state index >= 15 is 0 Å². The molecule has 2 aliphatic heterocycles. The van der Waals surface area contributed by atoms with Gasteiger partial charge in [-0.25, -0.2) is 4.78 Å². The van der Waals surface area contributed by atoms with E-state index in [1.54, 1.807) is 0 Å². The van der Waals surface area contributed by atoms with Crippen LogP contribution in [0, 0.1) is 4.78 Å². The van der Waals surface area contributed by atoms with E-state index in [-0.39, 0.29) is 6.61 Å². The number of nitrogens with zero attached hydrogens (tertiary/aromatic N) is 4. The van der Waals surface area contributed by atoms with Crippen molar-refractivity contribution in [3.05, 3.63) is 24.4 Å². The maximum absolute atomic E-state index is 8.95. The van der Waals surface area contributed by atoms with Gasteiger partial charge in [-0.05, 0) is 12.1 Å². The van der Waals surface area contributed by atoms with Crippen molar-refractivity contribution < 1.29 is 9.67 Å². The van der Waals surface area contributed by atoms with Crippen LogP contribution in [0.25, 0.3) is 0 Å². The standard InChI is InChI=1S/C13H20N5OS/c14-20-13-3-1-2-4-18(13)12(15-20)11-17-7-5-16(6-8-17)9-10-19/h1-4,14,19H,5-11H2/q+1. The smallest absolute Gasteiger partial charge is 0.328 e. The highest BCUT2D eigenvalue weighted by Crippen LogP contribution is 2.10. The minimum atomic E-state index is -0.761. The van der Waals surface area contributed by atoms with Gasteiger partial charge in [0.15, 0.2) is 0 Å². The Hall–Kier alpha value is -1.15. The predicted molar refractivity (Wildman–Crippen MR) is 77.8 cm³/mol. The van der Waals surface area contributed by atoms with Crippen molar-refractivity contribution in [3.63, 3.8) is 0 Å². The van der Waals surface area contributed by atoms with Crippen molar-refractivity contribution in [3.8, 4) is 0 Å². The van der Waals surface area contributed by atoms with E-state index in [9.17, 15) is 0 Å². The summed E-state index contributed by atoms with van der Waals surface area (Å²) in [6.45, 7) is 5.78. The molecule has 0 saturated carbocycles. The van der Waals surface area contributed by atoms with Crippen LogP contribution in [-0.4, -0.2) is 66.6 Å². The Morgan fingerprint density at radius 1 is 1.25 bits per heavy atom. The molecule has 0 aliphatic carbocycles. The number of nitrogens with one attached hydrogen (secondary N) is 1. The van der Waals surface area contributed by atoms with Gasteiger partial charge in [-0.15, -0.1) is 0 Å². The van der Waals surface area contributed by atoms with Crippen LogP contribution in [0.15, 0.2) is 33.8 Å². The zero-order valence-corrected chi connectivity index (χ0v) is 12.2. The van der Waals surface area contributed by atoms with Gasteiger partial charge in [0.25, 0.3) is 0 Å². The Balaban J connectivity index is 1.63. The third kappa shape index (κ3) is 2.80. The Labute approximate surface area is 121 Å². The van der Waals surface area contributed by atoms with E-state index in [0.29, 0.717) is 0 Å². The minimum absolute atomic E-state index is 0.234. The van der Waals surface area contributed by atoms with Gasteiger partial charge < -0.3 is 5.11 Å². The van der Waals surface area contributed by atoms with Crippen molar-refractivity contribution in [2.45, 2.75) is 5.03 Å². The summed E-state index contributed by atoms with van der Waals surface area (Å²) >= 11 is 0. The summed E-state index contributed by atoms with van der Waals surface area (Å²) in [6, 6.07) is 5.93. The molecule has 7 heteroatoms. The molecule has 0 radical (unpaired) electrons. The van der Waals surface area contributed by atoms with Crippen molar-refractivity contribution >= 4 is 16.7 Å². The number of pyridine rings is 1. The number of aliphatic hydroxyl groups excluding tert-OH is 1. The quantitative estimate of drug-likeness (QED) is 0.736. The summed E-state index contributed by atoms with van der Waals surface area (Å²) < 4.78 is 14.5. The Bertz CT molecular complexity index is 539. The topological polar surface area (TPSA) is 66.8 Å². The molecule has 108 valence electrons. The van der Waals surface area contributed by atoms with Crippen LogP contribution in [0.1, 0.15) is 0 Å². The second-order valence-electron chi connectivity index (χ2n) is 5.04. The van der Waals surface area contributed by atoms with E-state index in [4.69, 9.17) is 9.89 Å². The SMILES string of the molecule is N=S1N=C(CN2CCN(CCO)CC2)[n+]2ccccc21. The number of hydrogen-bond donors (Lipinski definition) is 2. The summed E-state index contributed by atoms with van der Waals surface area (Å²) in [7, 11) is -0.761. The first-order valence-corrected chi connectivity index (χ1v) is 8.06. The lowest BCUT2D eigenvalue weighted by Crippen LogP contribution is -2.53. The van der Waals surface area contributed by atoms with Gasteiger partial charge in [0.1, 0.15) is 6.54 Å². The molecule has 2 N–H and O–H groups in total. The lowest BCUT2D eigenvalue weighted by Gasteiger charge is -2.33. The van der Waals surface area contributed by atoms with Crippen molar-refractivity contribution in [1.29, 1.82) is 4.78 Å². The summed E-state index contributed by atoms with van der Waals surface area (Å²) in [5, 5.41) is 9.93. The number of rotatable bonds is 4. The van der Waals surface area contributed by atoms with E-state index in [0.717, 1.165) is 50.1 Å². The molecule has 1 saturated heterocycles. The second kappa shape index (κ2) is 6.09. The number of hydrogen-bond acceptors (Lipinski definition) is 4. The van der Waals surface area contributed by atoms with Gasteiger partial charge >= 0.3 is 5.84 Å². The fourth-order valence-electron chi connectivity index (χ4n) is 2.61. The molecule has 20 heavy (non-hydrogen) atoms. The summed E-state index contributed by atoms with van der Waals surface area (Å²) in [5.74, 6) is 0.981. The molecule has 1 unspecified atom stereocenters. The summed E-state index contributed by atoms with van der Waals surface area (Å²) in [4.78, 5) is 4.65. The number of piperazine rings is 1. The maximum atomic E-state index is 8.95. The molecule has 1 aromatic rings. The van der Waals surface area contributed by atoms with Gasteiger partial charge in [-0.3, -0.25) is 9.80 Å². The average Bonchev–Trinajstić information content (AvgIpc) is 2.79. The first kappa shape index (κ1) is 13.8. The fraction of sp³-hybridized carbons (Fsp3) is 0.538. The molecule has 0 aromatic carbocycles. The normalized spacial score (nSPS) is 23.6. The third-order valence-electron chi connectivity index (χ3n) is 3.74. The van der Waals surface area contributed by atoms with Crippen LogP contribution >= 0.6 is 0 Å². The Kier molecular flexibility index (Phi) is 4.21. The molecule has 1 fully saturated rings. The highest BCUT2D eigenvalue weighted by Gasteiger charge is 2.31. The molecule has 6 nitrogen and oxygen atoms in total. The summed E-state index contributed by atoms with van der Waals surface area (Å²) in [5.41, 5.74) is 0. The molecule has 0 bridgehead atoms. The molecular weight excluding hydrogens is 274 g/mol. The van der Waals surface area contributed by atoms with Crippen molar-refractivity contribution in [2.75, 3.05) is 45.9 Å². The first-order chi connectivity index (χ1) is 9.78. The van der Waals surface area contributed by atoms with Crippen molar-refractivity contribution in [2.24, 2.45) is 4.40 Å². The lowest BCUT2D eigenvalue weighted by molar-refractivity contribution is -0.596. The van der Waals surface area contributed by atoms with E-state index in [2.05, 4.69) is 18.8 Å². The molecule has 0 amide bonds. The van der Waals surface area contributed by atoms with E-state index in [1.807, 2.05) is 24.4 Å². The zero-order chi connectivity index (χ0) is 13.9. The number of β-amino-alcohol motifs (C(OH)–C–C–N with tert-alkyl or cyclic N) is 1. The largest absolute Gasteiger partial charge is 0.395 e. The molecular formula is C13H20N5OS+. The minimum Gasteiger partial charge on any atom is -0.395 e. The van der Waals surface area contributed by atoms with Gasteiger partial charge in [0.05, 0.1) is 12.8 Å². The molecule has 3 heterocycles. The first-order valence-electron chi connectivity index (χ1n) is 6.88. The number of aliphatic hydroxyl groups is 1. The Morgan fingerprint density at radius 3 is 2.75 bits per heavy atom. The van der Waals surface area contributed by atoms with Crippen LogP contribution in [0.3, 0.4) is 0 Å². The highest BCUT2D eigenvalue weighted by molar-refractivity contribution is 7.84. The van der Waals surface area contributed by atoms with Crippen LogP contribution in [0.4, 0.5) is 0 Å². The van der Waals surface area contributed by atoms with Crippen LogP contribution in [0.2, 0.25) is 0 Å². The third-order valence-corrected chi connectivity index (χ3v) is 4.86. The summed E-state index contributed by atoms with van der Waals surface area (Å²) in [6.07, 6.45) is 2.00. The fourth-order valence-corrected chi connectivity index (χ4v) is 3.62. The molecule has 0 spiro atoms. The second-order valence-corrected chi connectivity index (χ2v) is 6.21. The lowest BCUT2D eigenvalue weighted by atomic mass is 10.3. The predicted octanol–water partition coefficient (Wildman–Crippen LogP) is -0.501. The van der Waals surface area contributed by atoms with Gasteiger partial charge in [-0.1, -0.05) is 6.07 Å². The van der Waals surface area contributed by atoms with Gasteiger partial charge in [0.2, 0.25) is 15.9 Å².